The largest absolute Gasteiger partial charge is 0.507 e. The van der Waals surface area contributed by atoms with Crippen LogP contribution in [0, 0.1) is 12.7 Å². The molecule has 0 unspecified atom stereocenters. The molecule has 1 atom stereocenters. The Labute approximate surface area is 203 Å². The van der Waals surface area contributed by atoms with Gasteiger partial charge < -0.3 is 9.84 Å². The Balaban J connectivity index is 1.93. The molecule has 0 bridgehead atoms. The number of carbonyl (C=O) groups excluding carboxylic acids is 3. The van der Waals surface area contributed by atoms with Crippen molar-refractivity contribution in [3.63, 3.8) is 0 Å². The van der Waals surface area contributed by atoms with Gasteiger partial charge in [0, 0.05) is 16.1 Å². The van der Waals surface area contributed by atoms with Crippen LogP contribution in [0.3, 0.4) is 0 Å². The molecule has 1 saturated heterocycles. The molecule has 1 aromatic heterocycles. The van der Waals surface area contributed by atoms with Gasteiger partial charge in [-0.1, -0.05) is 41.1 Å². The SMILES string of the molecule is CCOC(=O)c1sc(N2C(=O)C(=O)/C(=C(/O)c3ccc(Cl)cc3)[C@H]2c2ccccc2F)nc1C. The zero-order valence-electron chi connectivity index (χ0n) is 18.0. The lowest BCUT2D eigenvalue weighted by atomic mass is 9.95. The minimum Gasteiger partial charge on any atom is -0.507 e. The molecule has 2 heterocycles. The topological polar surface area (TPSA) is 96.8 Å². The van der Waals surface area contributed by atoms with Gasteiger partial charge in [-0.15, -0.1) is 0 Å². The summed E-state index contributed by atoms with van der Waals surface area (Å²) in [4.78, 5) is 44.0. The molecule has 7 nitrogen and oxygen atoms in total. The summed E-state index contributed by atoms with van der Waals surface area (Å²) in [6, 6.07) is 10.3. The van der Waals surface area contributed by atoms with Gasteiger partial charge in [-0.3, -0.25) is 14.5 Å². The molecule has 34 heavy (non-hydrogen) atoms. The number of Topliss-reactive ketones (excluding diaryl/α,β-unsaturated/α-hetero) is 1. The molecule has 174 valence electrons. The second-order valence-corrected chi connectivity index (χ2v) is 8.74. The predicted octanol–water partition coefficient (Wildman–Crippen LogP) is 5.05. The number of nitrogens with zero attached hydrogens (tertiary/aromatic N) is 2. The third-order valence-corrected chi connectivity index (χ3v) is 6.60. The molecule has 1 fully saturated rings. The molecule has 0 saturated carbocycles. The number of anilines is 1. The summed E-state index contributed by atoms with van der Waals surface area (Å²) in [5.74, 6) is -3.80. The minimum absolute atomic E-state index is 0.00561. The van der Waals surface area contributed by atoms with Crippen molar-refractivity contribution in [1.29, 1.82) is 0 Å². The number of ether oxygens (including phenoxy) is 1. The van der Waals surface area contributed by atoms with Crippen LogP contribution in [-0.2, 0) is 14.3 Å². The number of carbonyl (C=O) groups is 3. The Kier molecular flexibility index (Phi) is 6.49. The molecule has 10 heteroatoms. The van der Waals surface area contributed by atoms with Gasteiger partial charge in [0.05, 0.1) is 17.9 Å². The van der Waals surface area contributed by atoms with E-state index in [1.807, 2.05) is 0 Å². The number of benzene rings is 2. The number of amides is 1. The van der Waals surface area contributed by atoms with E-state index < -0.39 is 35.3 Å². The number of aliphatic hydroxyl groups is 1. The molecular formula is C24H18ClFN2O5S. The summed E-state index contributed by atoms with van der Waals surface area (Å²) in [6.07, 6.45) is 0. The standard InChI is InChI=1S/C24H18ClFN2O5S/c1-3-33-23(32)21-12(2)27-24(34-21)28-18(15-6-4-5-7-16(15)26)17(20(30)22(28)31)19(29)13-8-10-14(25)11-9-13/h4-11,18,29H,3H2,1-2H3/b19-17+/t18-/m1/s1. The van der Waals surface area contributed by atoms with Gasteiger partial charge in [0.1, 0.15) is 22.5 Å². The van der Waals surface area contributed by atoms with Crippen LogP contribution in [-0.4, -0.2) is 34.4 Å². The summed E-state index contributed by atoms with van der Waals surface area (Å²) in [7, 11) is 0. The number of aryl methyl sites for hydroxylation is 1. The third kappa shape index (κ3) is 4.08. The van der Waals surface area contributed by atoms with E-state index in [1.165, 1.54) is 42.5 Å². The fourth-order valence-corrected chi connectivity index (χ4v) is 4.77. The van der Waals surface area contributed by atoms with Gasteiger partial charge >= 0.3 is 11.9 Å². The van der Waals surface area contributed by atoms with E-state index in [9.17, 15) is 23.9 Å². The zero-order valence-corrected chi connectivity index (χ0v) is 19.6. The number of halogens is 2. The van der Waals surface area contributed by atoms with E-state index in [1.54, 1.807) is 19.9 Å². The molecule has 2 aromatic carbocycles. The van der Waals surface area contributed by atoms with Crippen molar-refractivity contribution in [3.8, 4) is 0 Å². The summed E-state index contributed by atoms with van der Waals surface area (Å²) in [5.41, 5.74) is 0.210. The van der Waals surface area contributed by atoms with Gasteiger partial charge in [0.2, 0.25) is 0 Å². The first-order valence-electron chi connectivity index (χ1n) is 10.2. The van der Waals surface area contributed by atoms with E-state index in [-0.39, 0.29) is 33.3 Å². The van der Waals surface area contributed by atoms with Crippen LogP contribution in [0.25, 0.3) is 5.76 Å². The highest BCUT2D eigenvalue weighted by Gasteiger charge is 2.49. The van der Waals surface area contributed by atoms with Gasteiger partial charge in [0.25, 0.3) is 5.78 Å². The van der Waals surface area contributed by atoms with E-state index in [0.717, 1.165) is 16.2 Å². The van der Waals surface area contributed by atoms with Crippen molar-refractivity contribution in [3.05, 3.63) is 86.6 Å². The van der Waals surface area contributed by atoms with Crippen molar-refractivity contribution in [2.75, 3.05) is 11.5 Å². The first-order valence-corrected chi connectivity index (χ1v) is 11.4. The molecular weight excluding hydrogens is 483 g/mol. The van der Waals surface area contributed by atoms with Crippen LogP contribution in [0.5, 0.6) is 0 Å². The van der Waals surface area contributed by atoms with Crippen LogP contribution in [0.15, 0.2) is 54.1 Å². The third-order valence-electron chi connectivity index (χ3n) is 5.21. The van der Waals surface area contributed by atoms with E-state index in [0.29, 0.717) is 10.7 Å². The second-order valence-electron chi connectivity index (χ2n) is 7.33. The maximum absolute atomic E-state index is 14.9. The molecule has 1 aliphatic heterocycles. The van der Waals surface area contributed by atoms with E-state index in [2.05, 4.69) is 4.98 Å². The van der Waals surface area contributed by atoms with Gasteiger partial charge in [0.15, 0.2) is 5.13 Å². The maximum atomic E-state index is 14.9. The fraction of sp³-hybridized carbons (Fsp3) is 0.167. The summed E-state index contributed by atoms with van der Waals surface area (Å²) in [6.45, 7) is 3.36. The van der Waals surface area contributed by atoms with Crippen molar-refractivity contribution in [1.82, 2.24) is 4.98 Å². The summed E-state index contributed by atoms with van der Waals surface area (Å²) in [5, 5.41) is 11.4. The Hall–Kier alpha value is -3.56. The summed E-state index contributed by atoms with van der Waals surface area (Å²) >= 11 is 6.77. The van der Waals surface area contributed by atoms with E-state index >= 15 is 0 Å². The van der Waals surface area contributed by atoms with E-state index in [4.69, 9.17) is 16.3 Å². The van der Waals surface area contributed by atoms with Crippen molar-refractivity contribution >= 4 is 51.5 Å². The Morgan fingerprint density at radius 1 is 1.21 bits per heavy atom. The van der Waals surface area contributed by atoms with Crippen LogP contribution in [0.1, 0.15) is 39.5 Å². The number of thiazole rings is 1. The Bertz CT molecular complexity index is 1340. The highest BCUT2D eigenvalue weighted by atomic mass is 35.5. The molecule has 1 N–H and O–H groups in total. The average molecular weight is 501 g/mol. The monoisotopic (exact) mass is 500 g/mol. The van der Waals surface area contributed by atoms with Gasteiger partial charge in [-0.25, -0.2) is 14.2 Å². The first kappa shape index (κ1) is 23.6. The highest BCUT2D eigenvalue weighted by Crippen LogP contribution is 2.44. The molecule has 3 aromatic rings. The van der Waals surface area contributed by atoms with Crippen molar-refractivity contribution in [2.45, 2.75) is 19.9 Å². The number of aliphatic hydroxyl groups excluding tert-OH is 1. The molecule has 0 radical (unpaired) electrons. The van der Waals surface area contributed by atoms with Crippen LogP contribution >= 0.6 is 22.9 Å². The number of hydrogen-bond donors (Lipinski definition) is 1. The molecule has 0 spiro atoms. The van der Waals surface area contributed by atoms with Crippen LogP contribution in [0.4, 0.5) is 9.52 Å². The molecule has 0 aliphatic carbocycles. The first-order chi connectivity index (χ1) is 16.2. The van der Waals surface area contributed by atoms with Crippen LogP contribution < -0.4 is 4.90 Å². The zero-order chi connectivity index (χ0) is 24.6. The van der Waals surface area contributed by atoms with Crippen molar-refractivity contribution < 1.29 is 28.6 Å². The summed E-state index contributed by atoms with van der Waals surface area (Å²) < 4.78 is 20.0. The van der Waals surface area contributed by atoms with Gasteiger partial charge in [-0.2, -0.15) is 0 Å². The Morgan fingerprint density at radius 3 is 2.53 bits per heavy atom. The lowest BCUT2D eigenvalue weighted by Gasteiger charge is -2.23. The quantitative estimate of drug-likeness (QED) is 0.228. The number of hydrogen-bond acceptors (Lipinski definition) is 7. The van der Waals surface area contributed by atoms with Crippen LogP contribution in [0.2, 0.25) is 5.02 Å². The molecule has 1 aliphatic rings. The number of aromatic nitrogens is 1. The smallest absolute Gasteiger partial charge is 0.350 e. The maximum Gasteiger partial charge on any atom is 0.350 e. The highest BCUT2D eigenvalue weighted by molar-refractivity contribution is 7.17. The lowest BCUT2D eigenvalue weighted by Crippen LogP contribution is -2.29. The average Bonchev–Trinajstić information content (AvgIpc) is 3.31. The Morgan fingerprint density at radius 2 is 1.88 bits per heavy atom. The number of rotatable bonds is 5. The second kappa shape index (κ2) is 9.36. The van der Waals surface area contributed by atoms with Gasteiger partial charge in [-0.05, 0) is 44.2 Å². The molecule has 1 amide bonds. The number of esters is 1. The van der Waals surface area contributed by atoms with Crippen molar-refractivity contribution in [2.24, 2.45) is 0 Å². The number of ketones is 1. The predicted molar refractivity (Wildman–Crippen MR) is 125 cm³/mol. The fourth-order valence-electron chi connectivity index (χ4n) is 3.66. The lowest BCUT2D eigenvalue weighted by molar-refractivity contribution is -0.132. The molecule has 4 rings (SSSR count). The normalized spacial score (nSPS) is 17.3. The minimum atomic E-state index is -1.31.